The average Bonchev–Trinajstić information content (AvgIpc) is 2.24. The first kappa shape index (κ1) is 11.5. The van der Waals surface area contributed by atoms with Gasteiger partial charge in [0.1, 0.15) is 0 Å². The minimum atomic E-state index is 0.0138. The Hall–Kier alpha value is -1.02. The second kappa shape index (κ2) is 4.46. The van der Waals surface area contributed by atoms with E-state index >= 15 is 0 Å². The molecule has 2 rings (SSSR count). The molecule has 1 fully saturated rings. The summed E-state index contributed by atoms with van der Waals surface area (Å²) < 4.78 is 0. The average molecular weight is 218 g/mol. The molecule has 0 heterocycles. The van der Waals surface area contributed by atoms with Gasteiger partial charge >= 0.3 is 0 Å². The first-order chi connectivity index (χ1) is 7.59. The van der Waals surface area contributed by atoms with Crippen molar-refractivity contribution in [2.75, 3.05) is 5.73 Å². The van der Waals surface area contributed by atoms with Crippen LogP contribution in [-0.4, -0.2) is 5.54 Å². The number of benzene rings is 1. The van der Waals surface area contributed by atoms with Crippen LogP contribution in [0.5, 0.6) is 0 Å². The van der Waals surface area contributed by atoms with Crippen LogP contribution < -0.4 is 11.5 Å². The molecule has 1 saturated carbocycles. The molecule has 4 N–H and O–H groups in total. The third kappa shape index (κ3) is 2.56. The Kier molecular flexibility index (Phi) is 3.20. The molecule has 1 aromatic rings. The first-order valence-electron chi connectivity index (χ1n) is 6.23. The Bertz CT molecular complexity index is 365. The van der Waals surface area contributed by atoms with Gasteiger partial charge in [-0.15, -0.1) is 0 Å². The fourth-order valence-electron chi connectivity index (χ4n) is 2.64. The molecule has 88 valence electrons. The molecular formula is C14H22N2. The van der Waals surface area contributed by atoms with Crippen LogP contribution in [0, 0.1) is 6.92 Å². The standard InChI is InChI=1S/C14H22N2/c1-11-5-6-12(9-13(11)15)10-14(16)7-3-2-4-8-14/h5-6,9H,2-4,7-8,10,15-16H2,1H3. The number of nitrogen functional groups attached to an aromatic ring is 1. The van der Waals surface area contributed by atoms with E-state index in [1.165, 1.54) is 24.8 Å². The second-order valence-electron chi connectivity index (χ2n) is 5.29. The molecule has 1 aliphatic carbocycles. The van der Waals surface area contributed by atoms with Gasteiger partial charge in [0, 0.05) is 11.2 Å². The lowest BCUT2D eigenvalue weighted by molar-refractivity contribution is 0.294. The Morgan fingerprint density at radius 1 is 1.19 bits per heavy atom. The number of rotatable bonds is 2. The van der Waals surface area contributed by atoms with Crippen molar-refractivity contribution >= 4 is 5.69 Å². The highest BCUT2D eigenvalue weighted by Gasteiger charge is 2.27. The van der Waals surface area contributed by atoms with E-state index < -0.39 is 0 Å². The predicted molar refractivity (Wildman–Crippen MR) is 69.3 cm³/mol. The van der Waals surface area contributed by atoms with Crippen LogP contribution in [0.15, 0.2) is 18.2 Å². The van der Waals surface area contributed by atoms with E-state index in [1.807, 2.05) is 6.92 Å². The van der Waals surface area contributed by atoms with Crippen molar-refractivity contribution in [2.45, 2.75) is 51.0 Å². The van der Waals surface area contributed by atoms with Crippen LogP contribution in [0.25, 0.3) is 0 Å². The van der Waals surface area contributed by atoms with Crippen molar-refractivity contribution in [1.29, 1.82) is 0 Å². The maximum Gasteiger partial charge on any atom is 0.0346 e. The van der Waals surface area contributed by atoms with Gasteiger partial charge in [-0.3, -0.25) is 0 Å². The lowest BCUT2D eigenvalue weighted by atomic mass is 9.78. The highest BCUT2D eigenvalue weighted by Crippen LogP contribution is 2.29. The van der Waals surface area contributed by atoms with E-state index in [0.29, 0.717) is 0 Å². The lowest BCUT2D eigenvalue weighted by Gasteiger charge is -2.33. The summed E-state index contributed by atoms with van der Waals surface area (Å²) in [6, 6.07) is 6.34. The maximum atomic E-state index is 6.44. The van der Waals surface area contributed by atoms with Gasteiger partial charge in [-0.05, 0) is 43.4 Å². The molecule has 0 bridgehead atoms. The summed E-state index contributed by atoms with van der Waals surface area (Å²) in [6.45, 7) is 2.04. The van der Waals surface area contributed by atoms with E-state index in [2.05, 4.69) is 18.2 Å². The van der Waals surface area contributed by atoms with Crippen molar-refractivity contribution in [1.82, 2.24) is 0 Å². The highest BCUT2D eigenvalue weighted by molar-refractivity contribution is 5.48. The fourth-order valence-corrected chi connectivity index (χ4v) is 2.64. The zero-order valence-corrected chi connectivity index (χ0v) is 10.1. The van der Waals surface area contributed by atoms with E-state index in [0.717, 1.165) is 30.5 Å². The molecule has 0 amide bonds. The molecule has 0 atom stereocenters. The number of hydrogen-bond acceptors (Lipinski definition) is 2. The van der Waals surface area contributed by atoms with Crippen LogP contribution in [0.4, 0.5) is 5.69 Å². The van der Waals surface area contributed by atoms with E-state index in [9.17, 15) is 0 Å². The third-order valence-corrected chi connectivity index (χ3v) is 3.75. The van der Waals surface area contributed by atoms with Gasteiger partial charge in [0.25, 0.3) is 0 Å². The largest absolute Gasteiger partial charge is 0.399 e. The molecular weight excluding hydrogens is 196 g/mol. The zero-order chi connectivity index (χ0) is 11.6. The van der Waals surface area contributed by atoms with Crippen LogP contribution in [-0.2, 0) is 6.42 Å². The molecule has 16 heavy (non-hydrogen) atoms. The molecule has 0 spiro atoms. The topological polar surface area (TPSA) is 52.0 Å². The monoisotopic (exact) mass is 218 g/mol. The summed E-state index contributed by atoms with van der Waals surface area (Å²) in [5.41, 5.74) is 15.7. The summed E-state index contributed by atoms with van der Waals surface area (Å²) >= 11 is 0. The fraction of sp³-hybridized carbons (Fsp3) is 0.571. The van der Waals surface area contributed by atoms with Gasteiger partial charge in [-0.1, -0.05) is 31.4 Å². The summed E-state index contributed by atoms with van der Waals surface area (Å²) in [4.78, 5) is 0. The number of nitrogens with two attached hydrogens (primary N) is 2. The molecule has 0 aromatic heterocycles. The zero-order valence-electron chi connectivity index (χ0n) is 10.1. The normalized spacial score (nSPS) is 19.6. The van der Waals surface area contributed by atoms with Crippen LogP contribution >= 0.6 is 0 Å². The maximum absolute atomic E-state index is 6.44. The Balaban J connectivity index is 2.10. The minimum absolute atomic E-state index is 0.0138. The molecule has 2 nitrogen and oxygen atoms in total. The van der Waals surface area contributed by atoms with Crippen molar-refractivity contribution < 1.29 is 0 Å². The summed E-state index contributed by atoms with van der Waals surface area (Å²) in [5, 5.41) is 0. The van der Waals surface area contributed by atoms with Crippen molar-refractivity contribution in [3.05, 3.63) is 29.3 Å². The van der Waals surface area contributed by atoms with Gasteiger partial charge in [0.2, 0.25) is 0 Å². The minimum Gasteiger partial charge on any atom is -0.399 e. The van der Waals surface area contributed by atoms with Crippen molar-refractivity contribution in [3.8, 4) is 0 Å². The van der Waals surface area contributed by atoms with Gasteiger partial charge < -0.3 is 11.5 Å². The van der Waals surface area contributed by atoms with Gasteiger partial charge in [-0.2, -0.15) is 0 Å². The lowest BCUT2D eigenvalue weighted by Crippen LogP contribution is -2.43. The summed E-state index contributed by atoms with van der Waals surface area (Å²) in [6.07, 6.45) is 7.17. The van der Waals surface area contributed by atoms with Crippen molar-refractivity contribution in [3.63, 3.8) is 0 Å². The van der Waals surface area contributed by atoms with Gasteiger partial charge in [0.15, 0.2) is 0 Å². The quantitative estimate of drug-likeness (QED) is 0.750. The van der Waals surface area contributed by atoms with Crippen LogP contribution in [0.2, 0.25) is 0 Å². The van der Waals surface area contributed by atoms with E-state index in [-0.39, 0.29) is 5.54 Å². The highest BCUT2D eigenvalue weighted by atomic mass is 14.7. The van der Waals surface area contributed by atoms with Gasteiger partial charge in [0.05, 0.1) is 0 Å². The molecule has 0 saturated heterocycles. The molecule has 0 unspecified atom stereocenters. The number of aryl methyl sites for hydroxylation is 1. The smallest absolute Gasteiger partial charge is 0.0346 e. The Labute approximate surface area is 98.0 Å². The third-order valence-electron chi connectivity index (χ3n) is 3.75. The van der Waals surface area contributed by atoms with Crippen LogP contribution in [0.3, 0.4) is 0 Å². The number of anilines is 1. The van der Waals surface area contributed by atoms with Gasteiger partial charge in [-0.25, -0.2) is 0 Å². The molecule has 1 aromatic carbocycles. The van der Waals surface area contributed by atoms with Crippen LogP contribution in [0.1, 0.15) is 43.2 Å². The Morgan fingerprint density at radius 2 is 1.88 bits per heavy atom. The second-order valence-corrected chi connectivity index (χ2v) is 5.29. The molecule has 0 aliphatic heterocycles. The van der Waals surface area contributed by atoms with Crippen molar-refractivity contribution in [2.24, 2.45) is 5.73 Å². The molecule has 1 aliphatic rings. The Morgan fingerprint density at radius 3 is 2.50 bits per heavy atom. The molecule has 0 radical (unpaired) electrons. The summed E-state index contributed by atoms with van der Waals surface area (Å²) in [7, 11) is 0. The summed E-state index contributed by atoms with van der Waals surface area (Å²) in [5.74, 6) is 0. The molecule has 2 heteroatoms. The predicted octanol–water partition coefficient (Wildman–Crippen LogP) is 2.78. The van der Waals surface area contributed by atoms with E-state index in [4.69, 9.17) is 11.5 Å². The SMILES string of the molecule is Cc1ccc(CC2(N)CCCCC2)cc1N. The number of hydrogen-bond donors (Lipinski definition) is 2. The first-order valence-corrected chi connectivity index (χ1v) is 6.23. The van der Waals surface area contributed by atoms with E-state index in [1.54, 1.807) is 0 Å².